The average Bonchev–Trinajstić information content (AvgIpc) is 2.41. The number of amides is 1. The van der Waals surface area contributed by atoms with E-state index in [1.165, 1.54) is 0 Å². The Morgan fingerprint density at radius 1 is 1.50 bits per heavy atom. The molecule has 0 aliphatic carbocycles. The third kappa shape index (κ3) is 3.07. The molecule has 1 aromatic carbocycles. The van der Waals surface area contributed by atoms with E-state index in [9.17, 15) is 4.79 Å². The molecule has 4 nitrogen and oxygen atoms in total. The molecular formula is C15H21ClN2O2. The molecule has 0 spiro atoms. The van der Waals surface area contributed by atoms with Crippen molar-refractivity contribution in [3.05, 3.63) is 29.3 Å². The first kappa shape index (κ1) is 15.1. The number of rotatable bonds is 4. The summed E-state index contributed by atoms with van der Waals surface area (Å²) in [6.07, 6.45) is 1.13. The van der Waals surface area contributed by atoms with Crippen molar-refractivity contribution in [1.29, 1.82) is 0 Å². The number of halogens is 1. The lowest BCUT2D eigenvalue weighted by Crippen LogP contribution is -2.56. The van der Waals surface area contributed by atoms with Gasteiger partial charge in [0.25, 0.3) is 0 Å². The van der Waals surface area contributed by atoms with E-state index in [-0.39, 0.29) is 12.0 Å². The van der Waals surface area contributed by atoms with Crippen molar-refractivity contribution < 1.29 is 9.53 Å². The minimum atomic E-state index is -0.793. The summed E-state index contributed by atoms with van der Waals surface area (Å²) < 4.78 is 5.73. The van der Waals surface area contributed by atoms with Crippen LogP contribution in [0.15, 0.2) is 24.3 Å². The maximum atomic E-state index is 12.0. The molecule has 2 rings (SSSR count). The Morgan fingerprint density at radius 3 is 2.80 bits per heavy atom. The van der Waals surface area contributed by atoms with Gasteiger partial charge in [0.15, 0.2) is 0 Å². The van der Waals surface area contributed by atoms with E-state index in [2.05, 4.69) is 19.2 Å². The molecule has 1 aliphatic heterocycles. The van der Waals surface area contributed by atoms with Gasteiger partial charge in [-0.3, -0.25) is 4.79 Å². The first-order chi connectivity index (χ1) is 9.44. The Bertz CT molecular complexity index is 493. The van der Waals surface area contributed by atoms with E-state index in [0.717, 1.165) is 5.69 Å². The SMILES string of the molecule is CC(C)C1CC(Nc2ccccc2Cl)(C(N)=O)CCO1. The van der Waals surface area contributed by atoms with Crippen molar-refractivity contribution in [1.82, 2.24) is 0 Å². The molecule has 3 N–H and O–H groups in total. The van der Waals surface area contributed by atoms with Crippen molar-refractivity contribution in [3.8, 4) is 0 Å². The van der Waals surface area contributed by atoms with Crippen LogP contribution in [0, 0.1) is 5.92 Å². The molecule has 1 amide bonds. The monoisotopic (exact) mass is 296 g/mol. The van der Waals surface area contributed by atoms with Gasteiger partial charge < -0.3 is 15.8 Å². The van der Waals surface area contributed by atoms with Crippen molar-refractivity contribution in [2.24, 2.45) is 11.7 Å². The van der Waals surface area contributed by atoms with E-state index in [1.54, 1.807) is 6.07 Å². The Kier molecular flexibility index (Phi) is 4.55. The number of ether oxygens (including phenoxy) is 1. The van der Waals surface area contributed by atoms with Crippen LogP contribution in [0.3, 0.4) is 0 Å². The average molecular weight is 297 g/mol. The number of carbonyl (C=O) groups excluding carboxylic acids is 1. The standard InChI is InChI=1S/C15H21ClN2O2/c1-10(2)13-9-15(14(17)19,7-8-20-13)18-12-6-4-3-5-11(12)16/h3-6,10,13,18H,7-9H2,1-2H3,(H2,17,19). The second-order valence-electron chi connectivity index (χ2n) is 5.66. The van der Waals surface area contributed by atoms with Gasteiger partial charge >= 0.3 is 0 Å². The van der Waals surface area contributed by atoms with E-state index in [1.807, 2.05) is 18.2 Å². The van der Waals surface area contributed by atoms with E-state index in [4.69, 9.17) is 22.1 Å². The molecule has 1 aromatic rings. The predicted octanol–water partition coefficient (Wildman–Crippen LogP) is 2.81. The zero-order chi connectivity index (χ0) is 14.8. The van der Waals surface area contributed by atoms with Crippen LogP contribution in [0.5, 0.6) is 0 Å². The lowest BCUT2D eigenvalue weighted by Gasteiger charge is -2.41. The number of hydrogen-bond donors (Lipinski definition) is 2. The van der Waals surface area contributed by atoms with Crippen LogP contribution in [0.4, 0.5) is 5.69 Å². The highest BCUT2D eigenvalue weighted by atomic mass is 35.5. The minimum Gasteiger partial charge on any atom is -0.378 e. The Balaban J connectivity index is 2.26. The van der Waals surface area contributed by atoms with Crippen LogP contribution in [-0.4, -0.2) is 24.2 Å². The summed E-state index contributed by atoms with van der Waals surface area (Å²) in [6.45, 7) is 4.68. The molecule has 0 bridgehead atoms. The normalized spacial score (nSPS) is 26.5. The molecule has 1 heterocycles. The number of hydrogen-bond acceptors (Lipinski definition) is 3. The van der Waals surface area contributed by atoms with Gasteiger partial charge in [0.05, 0.1) is 16.8 Å². The summed E-state index contributed by atoms with van der Waals surface area (Å²) in [5, 5.41) is 3.84. The molecule has 5 heteroatoms. The molecule has 0 saturated carbocycles. The maximum Gasteiger partial charge on any atom is 0.243 e. The fourth-order valence-corrected chi connectivity index (χ4v) is 2.72. The fraction of sp³-hybridized carbons (Fsp3) is 0.533. The van der Waals surface area contributed by atoms with Gasteiger partial charge in [-0.2, -0.15) is 0 Å². The molecular weight excluding hydrogens is 276 g/mol. The van der Waals surface area contributed by atoms with Crippen molar-refractivity contribution >= 4 is 23.2 Å². The number of nitrogens with one attached hydrogen (secondary N) is 1. The van der Waals surface area contributed by atoms with E-state index >= 15 is 0 Å². The molecule has 20 heavy (non-hydrogen) atoms. The van der Waals surface area contributed by atoms with Gasteiger partial charge in [0, 0.05) is 19.4 Å². The van der Waals surface area contributed by atoms with Crippen molar-refractivity contribution in [2.75, 3.05) is 11.9 Å². The number of primary amides is 1. The molecule has 0 radical (unpaired) electrons. The molecule has 1 fully saturated rings. The highest BCUT2D eigenvalue weighted by Crippen LogP contribution is 2.33. The first-order valence-corrected chi connectivity index (χ1v) is 7.26. The number of benzene rings is 1. The van der Waals surface area contributed by atoms with Crippen molar-refractivity contribution in [3.63, 3.8) is 0 Å². The number of anilines is 1. The van der Waals surface area contributed by atoms with Crippen LogP contribution >= 0.6 is 11.6 Å². The summed E-state index contributed by atoms with van der Waals surface area (Å²) in [5.41, 5.74) is 5.60. The summed E-state index contributed by atoms with van der Waals surface area (Å²) in [6, 6.07) is 7.37. The second kappa shape index (κ2) is 6.02. The second-order valence-corrected chi connectivity index (χ2v) is 6.07. The summed E-state index contributed by atoms with van der Waals surface area (Å²) >= 11 is 6.16. The van der Waals surface area contributed by atoms with Gasteiger partial charge in [0.2, 0.25) is 5.91 Å². The maximum absolute atomic E-state index is 12.0. The zero-order valence-corrected chi connectivity index (χ0v) is 12.6. The molecule has 0 aromatic heterocycles. The van der Waals surface area contributed by atoms with E-state index < -0.39 is 5.54 Å². The smallest absolute Gasteiger partial charge is 0.243 e. The third-order valence-electron chi connectivity index (χ3n) is 3.87. The van der Waals surface area contributed by atoms with Gasteiger partial charge in [-0.25, -0.2) is 0 Å². The Hall–Kier alpha value is -1.26. The third-order valence-corrected chi connectivity index (χ3v) is 4.20. The van der Waals surface area contributed by atoms with Crippen molar-refractivity contribution in [2.45, 2.75) is 38.3 Å². The van der Waals surface area contributed by atoms with Crippen LogP contribution in [-0.2, 0) is 9.53 Å². The molecule has 2 atom stereocenters. The Morgan fingerprint density at radius 2 is 2.20 bits per heavy atom. The van der Waals surface area contributed by atoms with Gasteiger partial charge in [-0.05, 0) is 18.1 Å². The quantitative estimate of drug-likeness (QED) is 0.898. The molecule has 110 valence electrons. The minimum absolute atomic E-state index is 0.0197. The highest BCUT2D eigenvalue weighted by molar-refractivity contribution is 6.33. The molecule has 2 unspecified atom stereocenters. The van der Waals surface area contributed by atoms with Crippen LogP contribution in [0.25, 0.3) is 0 Å². The van der Waals surface area contributed by atoms with Crippen LogP contribution < -0.4 is 11.1 Å². The number of nitrogens with two attached hydrogens (primary N) is 1. The number of carbonyl (C=O) groups is 1. The molecule has 1 aliphatic rings. The first-order valence-electron chi connectivity index (χ1n) is 6.89. The lowest BCUT2D eigenvalue weighted by atomic mass is 9.82. The topological polar surface area (TPSA) is 64.3 Å². The molecule has 1 saturated heterocycles. The zero-order valence-electron chi connectivity index (χ0n) is 11.9. The highest BCUT2D eigenvalue weighted by Gasteiger charge is 2.43. The van der Waals surface area contributed by atoms with Gasteiger partial charge in [-0.15, -0.1) is 0 Å². The van der Waals surface area contributed by atoms with Crippen LogP contribution in [0.2, 0.25) is 5.02 Å². The summed E-state index contributed by atoms with van der Waals surface area (Å²) in [5.74, 6) is -0.0200. The summed E-state index contributed by atoms with van der Waals surface area (Å²) in [7, 11) is 0. The van der Waals surface area contributed by atoms with Crippen LogP contribution in [0.1, 0.15) is 26.7 Å². The lowest BCUT2D eigenvalue weighted by molar-refractivity contribution is -0.128. The Labute approximate surface area is 124 Å². The summed E-state index contributed by atoms with van der Waals surface area (Å²) in [4.78, 5) is 12.0. The van der Waals surface area contributed by atoms with Gasteiger partial charge in [-0.1, -0.05) is 37.6 Å². The van der Waals surface area contributed by atoms with E-state index in [0.29, 0.717) is 30.4 Å². The largest absolute Gasteiger partial charge is 0.378 e. The predicted molar refractivity (Wildman–Crippen MR) is 80.8 cm³/mol. The number of para-hydroxylation sites is 1. The fourth-order valence-electron chi connectivity index (χ4n) is 2.54. The van der Waals surface area contributed by atoms with Gasteiger partial charge in [0.1, 0.15) is 5.54 Å².